The predicted octanol–water partition coefficient (Wildman–Crippen LogP) is 4.37. The number of nitrogens with one attached hydrogen (secondary N) is 1. The molecule has 0 spiro atoms. The molecule has 0 amide bonds. The molecule has 0 saturated carbocycles. The molecule has 20 heavy (non-hydrogen) atoms. The van der Waals surface area contributed by atoms with E-state index in [0.29, 0.717) is 11.5 Å². The lowest BCUT2D eigenvalue weighted by molar-refractivity contribution is 0.301. The largest absolute Gasteiger partial charge is 0.371 e. The molecule has 1 saturated heterocycles. The van der Waals surface area contributed by atoms with Crippen molar-refractivity contribution in [2.75, 3.05) is 24.5 Å². The van der Waals surface area contributed by atoms with E-state index in [2.05, 4.69) is 62.2 Å². The third kappa shape index (κ3) is 3.01. The van der Waals surface area contributed by atoms with E-state index in [-0.39, 0.29) is 0 Å². The second-order valence-corrected chi connectivity index (χ2v) is 6.22. The molecule has 1 N–H and O–H groups in total. The summed E-state index contributed by atoms with van der Waals surface area (Å²) in [4.78, 5) is 2.61. The van der Waals surface area contributed by atoms with E-state index >= 15 is 0 Å². The molecule has 1 aliphatic heterocycles. The monoisotopic (exact) mass is 274 g/mol. The molecule has 1 heterocycles. The summed E-state index contributed by atoms with van der Waals surface area (Å²) in [6, 6.07) is 9.34. The van der Waals surface area contributed by atoms with E-state index in [1.807, 2.05) is 0 Å². The van der Waals surface area contributed by atoms with E-state index in [1.165, 1.54) is 43.6 Å². The van der Waals surface area contributed by atoms with E-state index in [4.69, 9.17) is 0 Å². The summed E-state index contributed by atoms with van der Waals surface area (Å²) in [5.74, 6) is 0. The zero-order chi connectivity index (χ0) is 14.6. The fourth-order valence-corrected chi connectivity index (χ4v) is 3.53. The topological polar surface area (TPSA) is 15.3 Å². The molecule has 1 aromatic carbocycles. The Kier molecular flexibility index (Phi) is 5.09. The first-order valence-corrected chi connectivity index (χ1v) is 8.23. The Balaban J connectivity index is 2.22. The summed E-state index contributed by atoms with van der Waals surface area (Å²) in [5.41, 5.74) is 3.41. The Morgan fingerprint density at radius 2 is 1.90 bits per heavy atom. The molecule has 1 aliphatic rings. The van der Waals surface area contributed by atoms with Crippen LogP contribution in [-0.4, -0.2) is 19.6 Å². The van der Waals surface area contributed by atoms with E-state index in [9.17, 15) is 0 Å². The standard InChI is InChI=1S/C18H30N2/c1-5-18(6-2)12-13-20(14-18)17-11-9-8-10-16(17)15(4)19-7-3/h8-11,15,19H,5-7,12-14H2,1-4H3. The second-order valence-electron chi connectivity index (χ2n) is 6.22. The van der Waals surface area contributed by atoms with Gasteiger partial charge in [-0.15, -0.1) is 0 Å². The Labute approximate surface area is 124 Å². The van der Waals surface area contributed by atoms with Gasteiger partial charge in [0.05, 0.1) is 0 Å². The van der Waals surface area contributed by atoms with Crippen LogP contribution in [0.5, 0.6) is 0 Å². The zero-order valence-corrected chi connectivity index (χ0v) is 13.6. The van der Waals surface area contributed by atoms with Crippen molar-refractivity contribution in [3.8, 4) is 0 Å². The van der Waals surface area contributed by atoms with Gasteiger partial charge in [0, 0.05) is 24.8 Å². The number of benzene rings is 1. The maximum atomic E-state index is 3.55. The lowest BCUT2D eigenvalue weighted by atomic mass is 9.82. The minimum absolute atomic E-state index is 0.425. The van der Waals surface area contributed by atoms with Crippen LogP contribution in [0.3, 0.4) is 0 Å². The summed E-state index contributed by atoms with van der Waals surface area (Å²) < 4.78 is 0. The van der Waals surface area contributed by atoms with Gasteiger partial charge >= 0.3 is 0 Å². The summed E-state index contributed by atoms with van der Waals surface area (Å²) in [6.07, 6.45) is 3.93. The molecular weight excluding hydrogens is 244 g/mol. The first-order valence-electron chi connectivity index (χ1n) is 8.23. The Hall–Kier alpha value is -1.02. The average molecular weight is 274 g/mol. The van der Waals surface area contributed by atoms with E-state index in [1.54, 1.807) is 0 Å². The fraction of sp³-hybridized carbons (Fsp3) is 0.667. The van der Waals surface area contributed by atoms with Crippen molar-refractivity contribution in [2.24, 2.45) is 5.41 Å². The highest BCUT2D eigenvalue weighted by molar-refractivity contribution is 5.56. The van der Waals surface area contributed by atoms with Crippen LogP contribution in [0.25, 0.3) is 0 Å². The lowest BCUT2D eigenvalue weighted by Gasteiger charge is -2.29. The molecule has 0 aromatic heterocycles. The van der Waals surface area contributed by atoms with Crippen molar-refractivity contribution in [3.05, 3.63) is 29.8 Å². The number of para-hydroxylation sites is 1. The summed E-state index contributed by atoms with van der Waals surface area (Å²) >= 11 is 0. The highest BCUT2D eigenvalue weighted by Crippen LogP contribution is 2.40. The molecule has 1 aromatic rings. The number of hydrogen-bond acceptors (Lipinski definition) is 2. The van der Waals surface area contributed by atoms with Crippen molar-refractivity contribution in [3.63, 3.8) is 0 Å². The van der Waals surface area contributed by atoms with Crippen LogP contribution >= 0.6 is 0 Å². The van der Waals surface area contributed by atoms with E-state index in [0.717, 1.165) is 6.54 Å². The van der Waals surface area contributed by atoms with Gasteiger partial charge in [0.15, 0.2) is 0 Å². The third-order valence-corrected chi connectivity index (χ3v) is 5.19. The van der Waals surface area contributed by atoms with Gasteiger partial charge < -0.3 is 10.2 Å². The van der Waals surface area contributed by atoms with Crippen molar-refractivity contribution >= 4 is 5.69 Å². The SMILES string of the molecule is CCNC(C)c1ccccc1N1CCC(CC)(CC)C1. The molecular formula is C18H30N2. The quantitative estimate of drug-likeness (QED) is 0.828. The van der Waals surface area contributed by atoms with Gasteiger partial charge in [-0.3, -0.25) is 0 Å². The van der Waals surface area contributed by atoms with E-state index < -0.39 is 0 Å². The Bertz CT molecular complexity index is 423. The molecule has 0 bridgehead atoms. The fourth-order valence-electron chi connectivity index (χ4n) is 3.53. The maximum Gasteiger partial charge on any atom is 0.0414 e. The zero-order valence-electron chi connectivity index (χ0n) is 13.6. The van der Waals surface area contributed by atoms with Crippen LogP contribution in [0.1, 0.15) is 58.6 Å². The average Bonchev–Trinajstić information content (AvgIpc) is 2.92. The number of hydrogen-bond donors (Lipinski definition) is 1. The molecule has 1 unspecified atom stereocenters. The minimum Gasteiger partial charge on any atom is -0.371 e. The number of rotatable bonds is 6. The van der Waals surface area contributed by atoms with Gasteiger partial charge in [-0.1, -0.05) is 39.0 Å². The van der Waals surface area contributed by atoms with Crippen LogP contribution in [0.4, 0.5) is 5.69 Å². The number of anilines is 1. The predicted molar refractivity (Wildman–Crippen MR) is 88.4 cm³/mol. The van der Waals surface area contributed by atoms with Crippen molar-refractivity contribution in [1.29, 1.82) is 0 Å². The smallest absolute Gasteiger partial charge is 0.0414 e. The molecule has 1 fully saturated rings. The van der Waals surface area contributed by atoms with Gasteiger partial charge in [-0.05, 0) is 49.8 Å². The molecule has 1 atom stereocenters. The van der Waals surface area contributed by atoms with Crippen LogP contribution in [0.15, 0.2) is 24.3 Å². The highest BCUT2D eigenvalue weighted by atomic mass is 15.2. The van der Waals surface area contributed by atoms with Gasteiger partial charge in [0.1, 0.15) is 0 Å². The Morgan fingerprint density at radius 3 is 2.50 bits per heavy atom. The third-order valence-electron chi connectivity index (χ3n) is 5.19. The number of nitrogens with zero attached hydrogens (tertiary/aromatic N) is 1. The van der Waals surface area contributed by atoms with Crippen LogP contribution in [0, 0.1) is 5.41 Å². The van der Waals surface area contributed by atoms with Gasteiger partial charge in [0.2, 0.25) is 0 Å². The molecule has 0 radical (unpaired) electrons. The summed E-state index contributed by atoms with van der Waals surface area (Å²) in [7, 11) is 0. The van der Waals surface area contributed by atoms with Crippen molar-refractivity contribution < 1.29 is 0 Å². The first kappa shape index (κ1) is 15.4. The minimum atomic E-state index is 0.425. The Morgan fingerprint density at radius 1 is 1.20 bits per heavy atom. The molecule has 2 heteroatoms. The lowest BCUT2D eigenvalue weighted by Crippen LogP contribution is -2.28. The van der Waals surface area contributed by atoms with Gasteiger partial charge in [0.25, 0.3) is 0 Å². The second kappa shape index (κ2) is 6.62. The normalized spacial score (nSPS) is 19.3. The summed E-state index contributed by atoms with van der Waals surface area (Å²) in [5, 5.41) is 3.55. The molecule has 2 rings (SSSR count). The van der Waals surface area contributed by atoms with Crippen LogP contribution < -0.4 is 10.2 Å². The van der Waals surface area contributed by atoms with Crippen molar-refractivity contribution in [1.82, 2.24) is 5.32 Å². The molecule has 2 nitrogen and oxygen atoms in total. The van der Waals surface area contributed by atoms with Crippen LogP contribution in [-0.2, 0) is 0 Å². The van der Waals surface area contributed by atoms with Crippen molar-refractivity contribution in [2.45, 2.75) is 53.0 Å². The highest BCUT2D eigenvalue weighted by Gasteiger charge is 2.35. The summed E-state index contributed by atoms with van der Waals surface area (Å²) in [6.45, 7) is 12.6. The van der Waals surface area contributed by atoms with Crippen LogP contribution in [0.2, 0.25) is 0 Å². The maximum absolute atomic E-state index is 3.55. The van der Waals surface area contributed by atoms with Gasteiger partial charge in [-0.25, -0.2) is 0 Å². The first-order chi connectivity index (χ1) is 9.65. The van der Waals surface area contributed by atoms with Gasteiger partial charge in [-0.2, -0.15) is 0 Å². The molecule has 0 aliphatic carbocycles. The molecule has 112 valence electrons.